The highest BCUT2D eigenvalue weighted by Crippen LogP contribution is 2.23. The molecule has 0 radical (unpaired) electrons. The highest BCUT2D eigenvalue weighted by atomic mass is 16.3. The van der Waals surface area contributed by atoms with E-state index in [1.54, 1.807) is 0 Å². The van der Waals surface area contributed by atoms with Crippen LogP contribution in [0.2, 0.25) is 0 Å². The average molecular weight is 317 g/mol. The molecule has 1 aromatic rings. The lowest BCUT2D eigenvalue weighted by atomic mass is 9.95. The van der Waals surface area contributed by atoms with Crippen molar-refractivity contribution in [3.63, 3.8) is 0 Å². The number of carbonyl (C=O) groups excluding carboxylic acids is 2. The van der Waals surface area contributed by atoms with E-state index < -0.39 is 0 Å². The first-order chi connectivity index (χ1) is 11.1. The Hall–Kier alpha value is -1.68. The molecule has 0 heterocycles. The van der Waals surface area contributed by atoms with Gasteiger partial charge in [-0.1, -0.05) is 49.1 Å². The average Bonchev–Trinajstić information content (AvgIpc) is 2.78. The van der Waals surface area contributed by atoms with Gasteiger partial charge in [-0.2, -0.15) is 0 Å². The van der Waals surface area contributed by atoms with Gasteiger partial charge < -0.3 is 10.4 Å². The number of aryl methyl sites for hydroxylation is 1. The number of ketones is 1. The van der Waals surface area contributed by atoms with Crippen molar-refractivity contribution in [3.05, 3.63) is 35.4 Å². The second kappa shape index (κ2) is 8.82. The van der Waals surface area contributed by atoms with E-state index in [1.807, 2.05) is 31.2 Å². The molecule has 1 amide bonds. The molecule has 23 heavy (non-hydrogen) atoms. The van der Waals surface area contributed by atoms with E-state index in [1.165, 1.54) is 0 Å². The molecule has 1 saturated carbocycles. The minimum Gasteiger partial charge on any atom is -0.396 e. The van der Waals surface area contributed by atoms with Crippen LogP contribution in [0, 0.1) is 12.8 Å². The van der Waals surface area contributed by atoms with Gasteiger partial charge in [-0.25, -0.2) is 0 Å². The van der Waals surface area contributed by atoms with Crippen LogP contribution in [0.15, 0.2) is 24.3 Å². The van der Waals surface area contributed by atoms with E-state index in [0.717, 1.165) is 37.7 Å². The van der Waals surface area contributed by atoms with Crippen LogP contribution in [-0.2, 0) is 4.79 Å². The molecule has 2 rings (SSSR count). The predicted molar refractivity (Wildman–Crippen MR) is 90.3 cm³/mol. The third-order valence-corrected chi connectivity index (χ3v) is 4.69. The Kier molecular flexibility index (Phi) is 6.78. The van der Waals surface area contributed by atoms with Crippen LogP contribution in [0.3, 0.4) is 0 Å². The van der Waals surface area contributed by atoms with Crippen molar-refractivity contribution in [3.8, 4) is 0 Å². The molecule has 1 aromatic carbocycles. The molecule has 0 saturated heterocycles. The SMILES string of the molecule is Cc1ccc(C(=O)CCC(=O)NC2CCCCCC2CO)cc1. The van der Waals surface area contributed by atoms with E-state index in [0.29, 0.717) is 5.56 Å². The van der Waals surface area contributed by atoms with Crippen molar-refractivity contribution in [1.29, 1.82) is 0 Å². The number of hydrogen-bond donors (Lipinski definition) is 2. The van der Waals surface area contributed by atoms with Gasteiger partial charge >= 0.3 is 0 Å². The van der Waals surface area contributed by atoms with Crippen LogP contribution in [-0.4, -0.2) is 29.4 Å². The Morgan fingerprint density at radius 1 is 1.09 bits per heavy atom. The Morgan fingerprint density at radius 2 is 1.78 bits per heavy atom. The van der Waals surface area contributed by atoms with Gasteiger partial charge in [0.05, 0.1) is 0 Å². The monoisotopic (exact) mass is 317 g/mol. The van der Waals surface area contributed by atoms with E-state index in [-0.39, 0.29) is 43.1 Å². The molecular formula is C19H27NO3. The third kappa shape index (κ3) is 5.47. The van der Waals surface area contributed by atoms with E-state index >= 15 is 0 Å². The van der Waals surface area contributed by atoms with Gasteiger partial charge in [0.25, 0.3) is 0 Å². The molecule has 1 aliphatic carbocycles. The van der Waals surface area contributed by atoms with E-state index in [9.17, 15) is 14.7 Å². The van der Waals surface area contributed by atoms with Gasteiger partial charge in [-0.15, -0.1) is 0 Å². The number of amides is 1. The molecule has 126 valence electrons. The minimum atomic E-state index is -0.0872. The number of benzene rings is 1. The minimum absolute atomic E-state index is 0.000255. The summed E-state index contributed by atoms with van der Waals surface area (Å²) in [6, 6.07) is 7.48. The van der Waals surface area contributed by atoms with Gasteiger partial charge in [-0.05, 0) is 19.8 Å². The van der Waals surface area contributed by atoms with Gasteiger partial charge in [0.1, 0.15) is 0 Å². The predicted octanol–water partition coefficient (Wildman–Crippen LogP) is 3.02. The fourth-order valence-electron chi connectivity index (χ4n) is 3.18. The zero-order valence-corrected chi connectivity index (χ0v) is 13.9. The topological polar surface area (TPSA) is 66.4 Å². The van der Waals surface area contributed by atoms with E-state index in [4.69, 9.17) is 0 Å². The van der Waals surface area contributed by atoms with Crippen LogP contribution < -0.4 is 5.32 Å². The Labute approximate surface area is 138 Å². The fourth-order valence-corrected chi connectivity index (χ4v) is 3.18. The van der Waals surface area contributed by atoms with Crippen molar-refractivity contribution >= 4 is 11.7 Å². The highest BCUT2D eigenvalue weighted by Gasteiger charge is 2.24. The van der Waals surface area contributed by atoms with Gasteiger partial charge in [0, 0.05) is 37.0 Å². The molecule has 2 atom stereocenters. The summed E-state index contributed by atoms with van der Waals surface area (Å²) >= 11 is 0. The maximum Gasteiger partial charge on any atom is 0.220 e. The van der Waals surface area contributed by atoms with Crippen LogP contribution in [0.4, 0.5) is 0 Å². The van der Waals surface area contributed by atoms with E-state index in [2.05, 4.69) is 5.32 Å². The summed E-state index contributed by atoms with van der Waals surface area (Å²) in [5, 5.41) is 12.5. The number of carbonyl (C=O) groups is 2. The first-order valence-corrected chi connectivity index (χ1v) is 8.60. The van der Waals surface area contributed by atoms with Crippen LogP contribution in [0.1, 0.15) is 60.9 Å². The maximum absolute atomic E-state index is 12.1. The Morgan fingerprint density at radius 3 is 2.48 bits per heavy atom. The van der Waals surface area contributed by atoms with Crippen molar-refractivity contribution in [2.24, 2.45) is 5.92 Å². The Balaban J connectivity index is 1.81. The zero-order chi connectivity index (χ0) is 16.7. The number of nitrogens with one attached hydrogen (secondary N) is 1. The lowest BCUT2D eigenvalue weighted by molar-refractivity contribution is -0.122. The summed E-state index contributed by atoms with van der Waals surface area (Å²) in [5.41, 5.74) is 1.77. The van der Waals surface area contributed by atoms with Gasteiger partial charge in [-0.3, -0.25) is 9.59 Å². The smallest absolute Gasteiger partial charge is 0.220 e. The van der Waals surface area contributed by atoms with Crippen molar-refractivity contribution in [2.75, 3.05) is 6.61 Å². The normalized spacial score (nSPS) is 21.5. The summed E-state index contributed by atoms with van der Waals surface area (Å²) in [5.74, 6) is 0.0600. The summed E-state index contributed by atoms with van der Waals surface area (Å²) in [6.45, 7) is 2.10. The van der Waals surface area contributed by atoms with Gasteiger partial charge in [0.2, 0.25) is 5.91 Å². The summed E-state index contributed by atoms with van der Waals surface area (Å²) in [4.78, 5) is 24.2. The molecule has 0 spiro atoms. The van der Waals surface area contributed by atoms with Gasteiger partial charge in [0.15, 0.2) is 5.78 Å². The van der Waals surface area contributed by atoms with Crippen molar-refractivity contribution < 1.29 is 14.7 Å². The zero-order valence-electron chi connectivity index (χ0n) is 13.9. The molecule has 0 aromatic heterocycles. The summed E-state index contributed by atoms with van der Waals surface area (Å²) in [6.07, 6.45) is 5.68. The molecule has 1 fully saturated rings. The number of Topliss-reactive ketones (excluding diaryl/α,β-unsaturated/α-hetero) is 1. The lowest BCUT2D eigenvalue weighted by Crippen LogP contribution is -2.41. The molecule has 1 aliphatic rings. The number of aliphatic hydroxyl groups is 1. The maximum atomic E-state index is 12.1. The van der Waals surface area contributed by atoms with Crippen molar-refractivity contribution in [1.82, 2.24) is 5.32 Å². The number of hydrogen-bond acceptors (Lipinski definition) is 3. The third-order valence-electron chi connectivity index (χ3n) is 4.69. The molecule has 2 unspecified atom stereocenters. The molecule has 2 N–H and O–H groups in total. The second-order valence-corrected chi connectivity index (χ2v) is 6.54. The molecular weight excluding hydrogens is 290 g/mol. The quantitative estimate of drug-likeness (QED) is 0.626. The van der Waals surface area contributed by atoms with Crippen LogP contribution in [0.25, 0.3) is 0 Å². The summed E-state index contributed by atoms with van der Waals surface area (Å²) in [7, 11) is 0. The fraction of sp³-hybridized carbons (Fsp3) is 0.579. The molecule has 0 bridgehead atoms. The van der Waals surface area contributed by atoms with Crippen LogP contribution >= 0.6 is 0 Å². The molecule has 4 nitrogen and oxygen atoms in total. The highest BCUT2D eigenvalue weighted by molar-refractivity contribution is 5.97. The Bertz CT molecular complexity index is 524. The summed E-state index contributed by atoms with van der Waals surface area (Å²) < 4.78 is 0. The molecule has 0 aliphatic heterocycles. The standard InChI is InChI=1S/C19H27NO3/c1-14-7-9-15(10-8-14)18(22)11-12-19(23)20-17-6-4-2-3-5-16(17)13-21/h7-10,16-17,21H,2-6,11-13H2,1H3,(H,20,23). The number of aliphatic hydroxyl groups excluding tert-OH is 1. The van der Waals surface area contributed by atoms with Crippen LogP contribution in [0.5, 0.6) is 0 Å². The first-order valence-electron chi connectivity index (χ1n) is 8.60. The first kappa shape index (κ1) is 17.7. The largest absolute Gasteiger partial charge is 0.396 e. The number of rotatable bonds is 6. The second-order valence-electron chi connectivity index (χ2n) is 6.54. The molecule has 4 heteroatoms. The van der Waals surface area contributed by atoms with Crippen molar-refractivity contribution in [2.45, 2.75) is 57.9 Å². The lowest BCUT2D eigenvalue weighted by Gasteiger charge is -2.24.